The van der Waals surface area contributed by atoms with Crippen molar-refractivity contribution in [3.05, 3.63) is 18.2 Å². The molecular formula is C14H16F2N2O4. The van der Waals surface area contributed by atoms with Crippen molar-refractivity contribution in [2.24, 2.45) is 11.7 Å². The minimum Gasteiger partial charge on any atom is -0.395 e. The van der Waals surface area contributed by atoms with Crippen molar-refractivity contribution in [3.63, 3.8) is 0 Å². The summed E-state index contributed by atoms with van der Waals surface area (Å²) in [6.07, 6.45) is -2.23. The van der Waals surface area contributed by atoms with E-state index in [9.17, 15) is 13.6 Å². The number of rotatable bonds is 3. The summed E-state index contributed by atoms with van der Waals surface area (Å²) in [5, 5.41) is 2.61. The molecule has 1 atom stereocenters. The van der Waals surface area contributed by atoms with Gasteiger partial charge in [-0.15, -0.1) is 8.78 Å². The molecule has 0 aromatic heterocycles. The van der Waals surface area contributed by atoms with Crippen LogP contribution in [0, 0.1) is 5.92 Å². The van der Waals surface area contributed by atoms with Crippen LogP contribution in [0.1, 0.15) is 12.8 Å². The van der Waals surface area contributed by atoms with E-state index in [1.807, 2.05) is 0 Å². The van der Waals surface area contributed by atoms with Gasteiger partial charge >= 0.3 is 6.29 Å². The molecule has 3 rings (SSSR count). The first-order chi connectivity index (χ1) is 10.4. The maximum Gasteiger partial charge on any atom is 0.586 e. The second-order valence-electron chi connectivity index (χ2n) is 5.29. The van der Waals surface area contributed by atoms with Crippen LogP contribution in [0.2, 0.25) is 0 Å². The van der Waals surface area contributed by atoms with Gasteiger partial charge in [0.2, 0.25) is 5.91 Å². The van der Waals surface area contributed by atoms with Crippen molar-refractivity contribution in [1.82, 2.24) is 0 Å². The molecule has 0 bridgehead atoms. The fraction of sp³-hybridized carbons (Fsp3) is 0.500. The molecular weight excluding hydrogens is 298 g/mol. The zero-order chi connectivity index (χ0) is 15.7. The average Bonchev–Trinajstić information content (AvgIpc) is 2.80. The third-order valence-corrected chi connectivity index (χ3v) is 3.75. The summed E-state index contributed by atoms with van der Waals surface area (Å²) in [6, 6.07) is 3.38. The molecule has 2 aliphatic rings. The molecule has 2 aliphatic heterocycles. The first kappa shape index (κ1) is 15.0. The van der Waals surface area contributed by atoms with Crippen LogP contribution >= 0.6 is 0 Å². The van der Waals surface area contributed by atoms with E-state index < -0.39 is 12.3 Å². The Morgan fingerprint density at radius 2 is 1.95 bits per heavy atom. The van der Waals surface area contributed by atoms with Gasteiger partial charge in [-0.3, -0.25) is 4.79 Å². The van der Waals surface area contributed by atoms with E-state index in [2.05, 4.69) is 14.8 Å². The Bertz CT molecular complexity index is 576. The minimum absolute atomic E-state index is 0.0482. The van der Waals surface area contributed by atoms with Crippen molar-refractivity contribution in [2.75, 3.05) is 18.5 Å². The number of hydrogen-bond donors (Lipinski definition) is 2. The maximum atomic E-state index is 12.9. The lowest BCUT2D eigenvalue weighted by Gasteiger charge is -2.26. The summed E-state index contributed by atoms with van der Waals surface area (Å²) in [7, 11) is 0. The Balaban J connectivity index is 1.65. The van der Waals surface area contributed by atoms with Gasteiger partial charge in [-0.2, -0.15) is 0 Å². The molecule has 1 unspecified atom stereocenters. The highest BCUT2D eigenvalue weighted by atomic mass is 19.3. The number of fused-ring (bicyclic) bond motifs is 1. The summed E-state index contributed by atoms with van der Waals surface area (Å²) < 4.78 is 39.7. The van der Waals surface area contributed by atoms with E-state index in [1.165, 1.54) is 18.2 Å². The predicted octanol–water partition coefficient (Wildman–Crippen LogP) is 1.70. The van der Waals surface area contributed by atoms with Gasteiger partial charge in [0, 0.05) is 25.0 Å². The van der Waals surface area contributed by atoms with Crippen molar-refractivity contribution < 1.29 is 27.8 Å². The zero-order valence-corrected chi connectivity index (χ0v) is 11.7. The van der Waals surface area contributed by atoms with E-state index >= 15 is 0 Å². The third kappa shape index (κ3) is 3.12. The van der Waals surface area contributed by atoms with Crippen LogP contribution in [0.25, 0.3) is 0 Å². The Hall–Kier alpha value is -1.93. The number of carbonyl (C=O) groups excluding carboxylic acids is 1. The summed E-state index contributed by atoms with van der Waals surface area (Å²) in [4.78, 5) is 12.1. The van der Waals surface area contributed by atoms with Crippen LogP contribution in [0.5, 0.6) is 11.5 Å². The molecule has 8 heteroatoms. The predicted molar refractivity (Wildman–Crippen MR) is 72.8 cm³/mol. The highest BCUT2D eigenvalue weighted by molar-refractivity contribution is 5.95. The molecule has 0 saturated carbocycles. The van der Waals surface area contributed by atoms with Crippen LogP contribution in [0.15, 0.2) is 18.2 Å². The smallest absolute Gasteiger partial charge is 0.395 e. The van der Waals surface area contributed by atoms with E-state index in [4.69, 9.17) is 10.5 Å². The lowest BCUT2D eigenvalue weighted by atomic mass is 9.92. The summed E-state index contributed by atoms with van der Waals surface area (Å²) in [6.45, 7) is 1.18. The number of nitrogens with two attached hydrogens (primary N) is 1. The quantitative estimate of drug-likeness (QED) is 0.887. The molecule has 0 radical (unpaired) electrons. The number of alkyl halides is 2. The van der Waals surface area contributed by atoms with Gasteiger partial charge in [0.1, 0.15) is 0 Å². The van der Waals surface area contributed by atoms with Gasteiger partial charge in [-0.25, -0.2) is 0 Å². The summed E-state index contributed by atoms with van der Waals surface area (Å²) >= 11 is 0. The highest BCUT2D eigenvalue weighted by Gasteiger charge is 2.43. The summed E-state index contributed by atoms with van der Waals surface area (Å²) in [5.41, 5.74) is 6.28. The molecule has 1 saturated heterocycles. The number of carbonyl (C=O) groups is 1. The molecule has 3 N–H and O–H groups in total. The number of ether oxygens (including phenoxy) is 3. The minimum atomic E-state index is -3.68. The van der Waals surface area contributed by atoms with E-state index in [1.54, 1.807) is 0 Å². The largest absolute Gasteiger partial charge is 0.586 e. The van der Waals surface area contributed by atoms with Crippen LogP contribution in [-0.4, -0.2) is 31.5 Å². The SMILES string of the molecule is NC(C(=O)Nc1ccc2c(c1)OC(F)(F)O2)C1CCOCC1. The average molecular weight is 314 g/mol. The molecule has 0 spiro atoms. The molecule has 2 heterocycles. The molecule has 120 valence electrons. The van der Waals surface area contributed by atoms with Gasteiger partial charge in [0.25, 0.3) is 0 Å². The lowest BCUT2D eigenvalue weighted by Crippen LogP contribution is -2.43. The monoisotopic (exact) mass is 314 g/mol. The van der Waals surface area contributed by atoms with Gasteiger partial charge in [0.15, 0.2) is 11.5 Å². The molecule has 0 aliphatic carbocycles. The second kappa shape index (κ2) is 5.69. The normalized spacial score (nSPS) is 21.4. The van der Waals surface area contributed by atoms with E-state index in [-0.39, 0.29) is 23.3 Å². The number of hydrogen-bond acceptors (Lipinski definition) is 5. The Morgan fingerprint density at radius 3 is 2.68 bits per heavy atom. The van der Waals surface area contributed by atoms with Gasteiger partial charge in [-0.05, 0) is 30.9 Å². The number of nitrogens with one attached hydrogen (secondary N) is 1. The zero-order valence-electron chi connectivity index (χ0n) is 11.7. The number of anilines is 1. The molecule has 6 nitrogen and oxygen atoms in total. The first-order valence-corrected chi connectivity index (χ1v) is 6.99. The molecule has 22 heavy (non-hydrogen) atoms. The van der Waals surface area contributed by atoms with Crippen LogP contribution in [-0.2, 0) is 9.53 Å². The van der Waals surface area contributed by atoms with Gasteiger partial charge in [-0.1, -0.05) is 0 Å². The Labute approximate surface area is 125 Å². The Morgan fingerprint density at radius 1 is 1.27 bits per heavy atom. The fourth-order valence-electron chi connectivity index (χ4n) is 2.54. The fourth-order valence-corrected chi connectivity index (χ4v) is 2.54. The lowest BCUT2D eigenvalue weighted by molar-refractivity contribution is -0.286. The molecule has 1 amide bonds. The van der Waals surface area contributed by atoms with E-state index in [0.29, 0.717) is 18.9 Å². The van der Waals surface area contributed by atoms with Crippen molar-refractivity contribution in [3.8, 4) is 11.5 Å². The van der Waals surface area contributed by atoms with Gasteiger partial charge < -0.3 is 25.3 Å². The number of halogens is 2. The summed E-state index contributed by atoms with van der Waals surface area (Å²) in [5.74, 6) is -0.510. The van der Waals surface area contributed by atoms with Crippen molar-refractivity contribution in [1.29, 1.82) is 0 Å². The van der Waals surface area contributed by atoms with Crippen LogP contribution < -0.4 is 20.5 Å². The number of amides is 1. The van der Waals surface area contributed by atoms with Crippen molar-refractivity contribution in [2.45, 2.75) is 25.2 Å². The third-order valence-electron chi connectivity index (χ3n) is 3.75. The molecule has 1 fully saturated rings. The van der Waals surface area contributed by atoms with E-state index in [0.717, 1.165) is 12.8 Å². The molecule has 1 aromatic carbocycles. The number of benzene rings is 1. The van der Waals surface area contributed by atoms with Gasteiger partial charge in [0.05, 0.1) is 6.04 Å². The van der Waals surface area contributed by atoms with Crippen LogP contribution in [0.3, 0.4) is 0 Å². The van der Waals surface area contributed by atoms with Crippen LogP contribution in [0.4, 0.5) is 14.5 Å². The standard InChI is InChI=1S/C14H16F2N2O4/c15-14(16)21-10-2-1-9(7-11(10)22-14)18-13(19)12(17)8-3-5-20-6-4-8/h1-2,7-8,12H,3-6,17H2,(H,18,19). The molecule has 1 aromatic rings. The Kier molecular flexibility index (Phi) is 3.88. The topological polar surface area (TPSA) is 82.8 Å². The first-order valence-electron chi connectivity index (χ1n) is 6.99. The maximum absolute atomic E-state index is 12.9. The van der Waals surface area contributed by atoms with Crippen molar-refractivity contribution >= 4 is 11.6 Å². The highest BCUT2D eigenvalue weighted by Crippen LogP contribution is 2.42. The second-order valence-corrected chi connectivity index (χ2v) is 5.29.